The highest BCUT2D eigenvalue weighted by Crippen LogP contribution is 2.14. The molecule has 0 spiro atoms. The Morgan fingerprint density at radius 1 is 1.08 bits per heavy atom. The minimum absolute atomic E-state index is 0.200. The molecule has 1 amide bonds. The number of nitrogens with zero attached hydrogens (tertiary/aromatic N) is 1. The zero-order valence-corrected chi connectivity index (χ0v) is 16.2. The van der Waals surface area contributed by atoms with Crippen LogP contribution in [0.3, 0.4) is 0 Å². The standard InChI is InChI=1S/C19H36N2O4/c1-6-8-9-10-11-17(12-13-18(22)24-16(3)4)25-19(23)20-14-15-21(5)7-2/h16-17H,3-4,6-15H2,1-2,5H3,(H,20,23). The summed E-state index contributed by atoms with van der Waals surface area (Å²) < 4.78 is 10.4. The van der Waals surface area contributed by atoms with Crippen LogP contribution >= 0.6 is 0 Å². The highest BCUT2D eigenvalue weighted by Gasteiger charge is 2.17. The minimum atomic E-state index is -0.615. The van der Waals surface area contributed by atoms with Crippen molar-refractivity contribution in [3.8, 4) is 0 Å². The van der Waals surface area contributed by atoms with Gasteiger partial charge in [-0.1, -0.05) is 33.1 Å². The Morgan fingerprint density at radius 3 is 2.40 bits per heavy atom. The molecule has 0 aliphatic carbocycles. The fourth-order valence-electron chi connectivity index (χ4n) is 2.28. The lowest BCUT2D eigenvalue weighted by Crippen LogP contribution is -2.35. The third kappa shape index (κ3) is 14.7. The van der Waals surface area contributed by atoms with Crippen LogP contribution in [-0.4, -0.2) is 55.9 Å². The van der Waals surface area contributed by atoms with E-state index in [1.807, 2.05) is 7.05 Å². The zero-order chi connectivity index (χ0) is 19.1. The van der Waals surface area contributed by atoms with Crippen LogP contribution in [0.4, 0.5) is 4.79 Å². The van der Waals surface area contributed by atoms with Crippen LogP contribution in [0, 0.1) is 13.8 Å². The molecule has 1 N–H and O–H groups in total. The Kier molecular flexibility index (Phi) is 14.2. The first-order chi connectivity index (χ1) is 11.9. The Morgan fingerprint density at radius 2 is 1.80 bits per heavy atom. The number of carbonyl (C=O) groups is 2. The van der Waals surface area contributed by atoms with E-state index in [9.17, 15) is 9.59 Å². The van der Waals surface area contributed by atoms with Crippen LogP contribution in [0.1, 0.15) is 58.8 Å². The van der Waals surface area contributed by atoms with E-state index >= 15 is 0 Å². The Hall–Kier alpha value is -1.30. The average Bonchev–Trinajstić information content (AvgIpc) is 2.55. The maximum atomic E-state index is 11.9. The first-order valence-electron chi connectivity index (χ1n) is 9.37. The maximum Gasteiger partial charge on any atom is 0.407 e. The van der Waals surface area contributed by atoms with Gasteiger partial charge >= 0.3 is 12.1 Å². The second-order valence-electron chi connectivity index (χ2n) is 6.35. The number of carbonyl (C=O) groups excluding carboxylic acids is 2. The molecular weight excluding hydrogens is 320 g/mol. The molecule has 2 radical (unpaired) electrons. The van der Waals surface area contributed by atoms with Crippen LogP contribution in [0.15, 0.2) is 0 Å². The number of hydrogen-bond acceptors (Lipinski definition) is 5. The molecule has 6 heteroatoms. The van der Waals surface area contributed by atoms with Gasteiger partial charge in [0.15, 0.2) is 0 Å². The van der Waals surface area contributed by atoms with Crippen molar-refractivity contribution in [3.05, 3.63) is 13.8 Å². The number of hydrogen-bond donors (Lipinski definition) is 1. The van der Waals surface area contributed by atoms with Crippen molar-refractivity contribution in [1.29, 1.82) is 0 Å². The summed E-state index contributed by atoms with van der Waals surface area (Å²) in [6.07, 6.45) is 4.49. The molecule has 25 heavy (non-hydrogen) atoms. The third-order valence-electron chi connectivity index (χ3n) is 3.92. The van der Waals surface area contributed by atoms with Gasteiger partial charge in [0.25, 0.3) is 0 Å². The quantitative estimate of drug-likeness (QED) is 0.382. The molecular formula is C19H36N2O4. The van der Waals surface area contributed by atoms with Gasteiger partial charge in [-0.2, -0.15) is 0 Å². The molecule has 0 aromatic carbocycles. The first-order valence-corrected chi connectivity index (χ1v) is 9.37. The summed E-state index contributed by atoms with van der Waals surface area (Å²) in [5.74, 6) is -0.359. The summed E-state index contributed by atoms with van der Waals surface area (Å²) in [5.41, 5.74) is 0. The van der Waals surface area contributed by atoms with Gasteiger partial charge in [-0.15, -0.1) is 0 Å². The van der Waals surface area contributed by atoms with E-state index in [4.69, 9.17) is 9.47 Å². The van der Waals surface area contributed by atoms with Crippen molar-refractivity contribution < 1.29 is 19.1 Å². The summed E-state index contributed by atoms with van der Waals surface area (Å²) in [5, 5.41) is 2.76. The molecule has 146 valence electrons. The lowest BCUT2D eigenvalue weighted by atomic mass is 10.1. The molecule has 1 unspecified atom stereocenters. The lowest BCUT2D eigenvalue weighted by Gasteiger charge is -2.19. The smallest absolute Gasteiger partial charge is 0.407 e. The van der Waals surface area contributed by atoms with E-state index < -0.39 is 12.2 Å². The van der Waals surface area contributed by atoms with Crippen molar-refractivity contribution in [2.45, 2.75) is 71.0 Å². The second-order valence-corrected chi connectivity index (χ2v) is 6.35. The largest absolute Gasteiger partial charge is 0.462 e. The Balaban J connectivity index is 4.26. The minimum Gasteiger partial charge on any atom is -0.462 e. The Labute approximate surface area is 153 Å². The van der Waals surface area contributed by atoms with Gasteiger partial charge in [-0.25, -0.2) is 4.79 Å². The number of alkyl carbamates (subject to hydrolysis) is 1. The third-order valence-corrected chi connectivity index (χ3v) is 3.92. The predicted molar refractivity (Wildman–Crippen MR) is 100 cm³/mol. The fourth-order valence-corrected chi connectivity index (χ4v) is 2.28. The summed E-state index contributed by atoms with van der Waals surface area (Å²) in [6.45, 7) is 13.5. The van der Waals surface area contributed by atoms with Crippen molar-refractivity contribution in [2.24, 2.45) is 0 Å². The van der Waals surface area contributed by atoms with Crippen molar-refractivity contribution >= 4 is 12.1 Å². The molecule has 0 aliphatic rings. The molecule has 0 rings (SSSR count). The second kappa shape index (κ2) is 15.0. The van der Waals surface area contributed by atoms with E-state index in [1.165, 1.54) is 0 Å². The molecule has 0 aromatic heterocycles. The fraction of sp³-hybridized carbons (Fsp3) is 0.789. The number of likely N-dealkylation sites (N-methyl/N-ethyl adjacent to an activating group) is 1. The van der Waals surface area contributed by atoms with Crippen molar-refractivity contribution in [1.82, 2.24) is 10.2 Å². The van der Waals surface area contributed by atoms with Gasteiger partial charge in [0.05, 0.1) is 0 Å². The van der Waals surface area contributed by atoms with E-state index in [0.29, 0.717) is 13.0 Å². The highest BCUT2D eigenvalue weighted by molar-refractivity contribution is 5.70. The number of rotatable bonds is 14. The SMILES string of the molecule is [CH2]C([CH2])OC(=O)CCC(CCCCCC)OC(=O)NCCN(C)CC. The number of ether oxygens (including phenoxy) is 2. The zero-order valence-electron chi connectivity index (χ0n) is 16.2. The number of nitrogens with one attached hydrogen (secondary N) is 1. The van der Waals surface area contributed by atoms with Crippen LogP contribution < -0.4 is 5.32 Å². The summed E-state index contributed by atoms with van der Waals surface area (Å²) in [6, 6.07) is 0. The number of amides is 1. The van der Waals surface area contributed by atoms with E-state index in [-0.39, 0.29) is 18.5 Å². The van der Waals surface area contributed by atoms with Gasteiger partial charge in [0.2, 0.25) is 0 Å². The molecule has 0 bridgehead atoms. The molecule has 0 saturated carbocycles. The first kappa shape index (κ1) is 23.7. The van der Waals surface area contributed by atoms with Crippen LogP contribution in [0.25, 0.3) is 0 Å². The van der Waals surface area contributed by atoms with Gasteiger partial charge < -0.3 is 19.7 Å². The molecule has 0 saturated heterocycles. The maximum absolute atomic E-state index is 11.9. The summed E-state index contributed by atoms with van der Waals surface area (Å²) >= 11 is 0. The molecule has 1 atom stereocenters. The van der Waals surface area contributed by atoms with Gasteiger partial charge in [-0.05, 0) is 46.7 Å². The molecule has 0 fully saturated rings. The van der Waals surface area contributed by atoms with Gasteiger partial charge in [0, 0.05) is 19.5 Å². The average molecular weight is 357 g/mol. The van der Waals surface area contributed by atoms with Gasteiger partial charge in [-0.3, -0.25) is 4.79 Å². The topological polar surface area (TPSA) is 67.9 Å². The van der Waals surface area contributed by atoms with Crippen LogP contribution in [-0.2, 0) is 14.3 Å². The monoisotopic (exact) mass is 356 g/mol. The molecule has 0 aromatic rings. The Bertz CT molecular complexity index is 361. The van der Waals surface area contributed by atoms with E-state index in [1.54, 1.807) is 0 Å². The van der Waals surface area contributed by atoms with E-state index in [0.717, 1.165) is 45.2 Å². The van der Waals surface area contributed by atoms with Crippen LogP contribution in [0.2, 0.25) is 0 Å². The van der Waals surface area contributed by atoms with Crippen LogP contribution in [0.5, 0.6) is 0 Å². The number of esters is 1. The predicted octanol–water partition coefficient (Wildman–Crippen LogP) is 3.36. The summed E-state index contributed by atoms with van der Waals surface area (Å²) in [7, 11) is 1.99. The molecule has 6 nitrogen and oxygen atoms in total. The highest BCUT2D eigenvalue weighted by atomic mass is 16.6. The van der Waals surface area contributed by atoms with Crippen molar-refractivity contribution in [3.63, 3.8) is 0 Å². The summed E-state index contributed by atoms with van der Waals surface area (Å²) in [4.78, 5) is 25.7. The van der Waals surface area contributed by atoms with E-state index in [2.05, 4.69) is 37.9 Å². The van der Waals surface area contributed by atoms with Crippen molar-refractivity contribution in [2.75, 3.05) is 26.7 Å². The van der Waals surface area contributed by atoms with Gasteiger partial charge in [0.1, 0.15) is 12.2 Å². The lowest BCUT2D eigenvalue weighted by molar-refractivity contribution is -0.146. The molecule has 0 aliphatic heterocycles. The number of unbranched alkanes of at least 4 members (excludes halogenated alkanes) is 3. The normalized spacial score (nSPS) is 12.3. The molecule has 0 heterocycles.